The SMILES string of the molecule is CS(=O)(=O)Nc1ccc2c(c1)cc(C(N)=O)n2-c1cccc(-c2ccc(F)cc2F)c1. The Morgan fingerprint density at radius 3 is 2.45 bits per heavy atom. The summed E-state index contributed by atoms with van der Waals surface area (Å²) in [4.78, 5) is 12.1. The van der Waals surface area contributed by atoms with Crippen LogP contribution < -0.4 is 10.5 Å². The van der Waals surface area contributed by atoms with E-state index >= 15 is 0 Å². The molecule has 6 nitrogen and oxygen atoms in total. The standard InChI is InChI=1S/C22H17F2N3O3S/c1-31(29,30)26-16-6-8-20-14(9-16)11-21(22(25)28)27(20)17-4-2-3-13(10-17)18-7-5-15(23)12-19(18)24/h2-12,26H,1H3,(H2,25,28). The fraction of sp³-hybridized carbons (Fsp3) is 0.0455. The van der Waals surface area contributed by atoms with E-state index in [1.54, 1.807) is 53.1 Å². The first-order valence-corrected chi connectivity index (χ1v) is 11.0. The number of amides is 1. The minimum Gasteiger partial charge on any atom is -0.364 e. The summed E-state index contributed by atoms with van der Waals surface area (Å²) in [6, 6.07) is 16.4. The summed E-state index contributed by atoms with van der Waals surface area (Å²) in [6.45, 7) is 0. The maximum Gasteiger partial charge on any atom is 0.265 e. The molecule has 0 bridgehead atoms. The molecule has 0 saturated heterocycles. The summed E-state index contributed by atoms with van der Waals surface area (Å²) < 4.78 is 54.6. The number of halogens is 2. The van der Waals surface area contributed by atoms with Crippen molar-refractivity contribution in [2.24, 2.45) is 5.73 Å². The molecule has 0 unspecified atom stereocenters. The largest absolute Gasteiger partial charge is 0.364 e. The van der Waals surface area contributed by atoms with Crippen molar-refractivity contribution in [3.8, 4) is 16.8 Å². The number of carbonyl (C=O) groups is 1. The third-order valence-corrected chi connectivity index (χ3v) is 5.31. The van der Waals surface area contributed by atoms with E-state index in [-0.39, 0.29) is 11.3 Å². The van der Waals surface area contributed by atoms with Crippen molar-refractivity contribution >= 4 is 32.5 Å². The molecule has 0 atom stereocenters. The number of hydrogen-bond acceptors (Lipinski definition) is 3. The first-order chi connectivity index (χ1) is 14.6. The van der Waals surface area contributed by atoms with Gasteiger partial charge < -0.3 is 10.3 Å². The van der Waals surface area contributed by atoms with Crippen molar-refractivity contribution in [3.05, 3.63) is 84.1 Å². The van der Waals surface area contributed by atoms with E-state index < -0.39 is 27.6 Å². The number of sulfonamides is 1. The number of benzene rings is 3. The van der Waals surface area contributed by atoms with Crippen LogP contribution in [0.2, 0.25) is 0 Å². The Morgan fingerprint density at radius 1 is 1.00 bits per heavy atom. The summed E-state index contributed by atoms with van der Waals surface area (Å²) in [5.74, 6) is -2.07. The highest BCUT2D eigenvalue weighted by Crippen LogP contribution is 2.30. The van der Waals surface area contributed by atoms with Gasteiger partial charge in [-0.1, -0.05) is 12.1 Å². The van der Waals surface area contributed by atoms with E-state index in [4.69, 9.17) is 5.73 Å². The molecule has 0 aliphatic heterocycles. The van der Waals surface area contributed by atoms with Gasteiger partial charge in [-0.25, -0.2) is 17.2 Å². The Balaban J connectivity index is 1.89. The van der Waals surface area contributed by atoms with E-state index in [2.05, 4.69) is 4.72 Å². The van der Waals surface area contributed by atoms with Crippen LogP contribution in [0.15, 0.2) is 66.7 Å². The van der Waals surface area contributed by atoms with Gasteiger partial charge in [0.15, 0.2) is 0 Å². The number of anilines is 1. The summed E-state index contributed by atoms with van der Waals surface area (Å²) in [5, 5.41) is 0.584. The van der Waals surface area contributed by atoms with Crippen LogP contribution in [0.25, 0.3) is 27.7 Å². The van der Waals surface area contributed by atoms with Crippen molar-refractivity contribution in [3.63, 3.8) is 0 Å². The number of nitrogens with two attached hydrogens (primary N) is 1. The maximum absolute atomic E-state index is 14.3. The summed E-state index contributed by atoms with van der Waals surface area (Å²) in [5.41, 5.74) is 7.91. The van der Waals surface area contributed by atoms with Crippen LogP contribution in [0.3, 0.4) is 0 Å². The van der Waals surface area contributed by atoms with E-state index in [9.17, 15) is 22.0 Å². The molecule has 0 saturated carbocycles. The van der Waals surface area contributed by atoms with E-state index in [1.165, 1.54) is 12.1 Å². The predicted octanol–water partition coefficient (Wildman–Crippen LogP) is 4.05. The molecule has 158 valence electrons. The molecule has 1 amide bonds. The zero-order chi connectivity index (χ0) is 22.3. The smallest absolute Gasteiger partial charge is 0.265 e. The normalized spacial score (nSPS) is 11.6. The highest BCUT2D eigenvalue weighted by Gasteiger charge is 2.17. The molecular weight excluding hydrogens is 424 g/mol. The van der Waals surface area contributed by atoms with Gasteiger partial charge in [-0.05, 0) is 54.1 Å². The Labute approximate surface area is 177 Å². The Bertz CT molecular complexity index is 1450. The van der Waals surface area contributed by atoms with E-state index in [0.717, 1.165) is 12.3 Å². The van der Waals surface area contributed by atoms with E-state index in [1.807, 2.05) is 0 Å². The second-order valence-electron chi connectivity index (χ2n) is 7.05. The quantitative estimate of drug-likeness (QED) is 0.489. The molecule has 0 radical (unpaired) electrons. The molecule has 4 aromatic rings. The number of primary amides is 1. The van der Waals surface area contributed by atoms with Crippen LogP contribution in [0.4, 0.5) is 14.5 Å². The number of nitrogens with one attached hydrogen (secondary N) is 1. The van der Waals surface area contributed by atoms with Gasteiger partial charge in [0.25, 0.3) is 5.91 Å². The molecule has 31 heavy (non-hydrogen) atoms. The highest BCUT2D eigenvalue weighted by atomic mass is 32.2. The summed E-state index contributed by atoms with van der Waals surface area (Å²) >= 11 is 0. The Hall–Kier alpha value is -3.72. The lowest BCUT2D eigenvalue weighted by Gasteiger charge is -2.12. The topological polar surface area (TPSA) is 94.2 Å². The van der Waals surface area contributed by atoms with Crippen LogP contribution >= 0.6 is 0 Å². The lowest BCUT2D eigenvalue weighted by Crippen LogP contribution is -2.15. The Kier molecular flexibility index (Phi) is 4.98. The number of fused-ring (bicyclic) bond motifs is 1. The zero-order valence-electron chi connectivity index (χ0n) is 16.3. The lowest BCUT2D eigenvalue weighted by atomic mass is 10.0. The second-order valence-corrected chi connectivity index (χ2v) is 8.80. The molecule has 0 spiro atoms. The molecule has 0 fully saturated rings. The molecule has 1 aromatic heterocycles. The lowest BCUT2D eigenvalue weighted by molar-refractivity contribution is 0.0994. The maximum atomic E-state index is 14.3. The van der Waals surface area contributed by atoms with Gasteiger partial charge in [-0.3, -0.25) is 9.52 Å². The molecule has 4 rings (SSSR count). The van der Waals surface area contributed by atoms with Crippen molar-refractivity contribution in [2.45, 2.75) is 0 Å². The zero-order valence-corrected chi connectivity index (χ0v) is 17.1. The van der Waals surface area contributed by atoms with Crippen LogP contribution in [0, 0.1) is 11.6 Å². The van der Waals surface area contributed by atoms with E-state index in [0.29, 0.717) is 27.8 Å². The van der Waals surface area contributed by atoms with Crippen LogP contribution in [0.5, 0.6) is 0 Å². The third-order valence-electron chi connectivity index (χ3n) is 4.70. The van der Waals surface area contributed by atoms with Gasteiger partial charge in [0, 0.05) is 28.4 Å². The fourth-order valence-electron chi connectivity index (χ4n) is 3.49. The second kappa shape index (κ2) is 7.51. The van der Waals surface area contributed by atoms with Gasteiger partial charge in [-0.15, -0.1) is 0 Å². The van der Waals surface area contributed by atoms with Gasteiger partial charge in [0.1, 0.15) is 17.3 Å². The first kappa shape index (κ1) is 20.5. The first-order valence-electron chi connectivity index (χ1n) is 9.11. The number of hydrogen-bond donors (Lipinski definition) is 2. The van der Waals surface area contributed by atoms with Crippen LogP contribution in [0.1, 0.15) is 10.5 Å². The average Bonchev–Trinajstić information content (AvgIpc) is 3.06. The van der Waals surface area contributed by atoms with Crippen molar-refractivity contribution in [1.82, 2.24) is 4.57 Å². The number of rotatable bonds is 5. The van der Waals surface area contributed by atoms with Gasteiger partial charge in [-0.2, -0.15) is 0 Å². The molecular formula is C22H17F2N3O3S. The monoisotopic (exact) mass is 441 g/mol. The van der Waals surface area contributed by atoms with Gasteiger partial charge in [0.05, 0.1) is 11.8 Å². The van der Waals surface area contributed by atoms with Gasteiger partial charge >= 0.3 is 0 Å². The molecule has 3 N–H and O–H groups in total. The van der Waals surface area contributed by atoms with Gasteiger partial charge in [0.2, 0.25) is 10.0 Å². The molecule has 0 aliphatic carbocycles. The fourth-order valence-corrected chi connectivity index (χ4v) is 4.04. The summed E-state index contributed by atoms with van der Waals surface area (Å²) in [6.07, 6.45) is 1.04. The average molecular weight is 441 g/mol. The molecule has 9 heteroatoms. The van der Waals surface area contributed by atoms with Crippen molar-refractivity contribution < 1.29 is 22.0 Å². The van der Waals surface area contributed by atoms with Crippen molar-refractivity contribution in [1.29, 1.82) is 0 Å². The minimum atomic E-state index is -3.47. The van der Waals surface area contributed by atoms with Crippen LogP contribution in [-0.4, -0.2) is 25.1 Å². The molecule has 3 aromatic carbocycles. The molecule has 1 heterocycles. The Morgan fingerprint density at radius 2 is 1.77 bits per heavy atom. The highest BCUT2D eigenvalue weighted by molar-refractivity contribution is 7.92. The number of aromatic nitrogens is 1. The predicted molar refractivity (Wildman–Crippen MR) is 116 cm³/mol. The summed E-state index contributed by atoms with van der Waals surface area (Å²) in [7, 11) is -3.47. The third kappa shape index (κ3) is 4.13. The minimum absolute atomic E-state index is 0.170. The molecule has 0 aliphatic rings. The number of nitrogens with zero attached hydrogens (tertiary/aromatic N) is 1. The number of carbonyl (C=O) groups excluding carboxylic acids is 1. The van der Waals surface area contributed by atoms with Crippen LogP contribution in [-0.2, 0) is 10.0 Å². The van der Waals surface area contributed by atoms with Crippen molar-refractivity contribution in [2.75, 3.05) is 11.0 Å².